The first kappa shape index (κ1) is 13.7. The summed E-state index contributed by atoms with van der Waals surface area (Å²) < 4.78 is 38.0. The highest BCUT2D eigenvalue weighted by atomic mass is 79.9. The first-order chi connectivity index (χ1) is 7.71. The van der Waals surface area contributed by atoms with Crippen molar-refractivity contribution in [3.63, 3.8) is 0 Å². The van der Waals surface area contributed by atoms with Gasteiger partial charge in [-0.05, 0) is 17.7 Å². The molecule has 0 aromatic heterocycles. The Labute approximate surface area is 102 Å². The lowest BCUT2D eigenvalue weighted by molar-refractivity contribution is -0.149. The number of carboxylic acid groups (broad SMARTS) is 1. The van der Waals surface area contributed by atoms with Gasteiger partial charge in [-0.1, -0.05) is 22.0 Å². The second kappa shape index (κ2) is 4.87. The van der Waals surface area contributed by atoms with Crippen LogP contribution in [0.3, 0.4) is 0 Å². The molecule has 0 radical (unpaired) electrons. The Morgan fingerprint density at radius 1 is 1.29 bits per heavy atom. The number of aliphatic carboxylic acids is 1. The maximum atomic E-state index is 12.6. The Morgan fingerprint density at radius 3 is 2.35 bits per heavy atom. The van der Waals surface area contributed by atoms with Crippen LogP contribution >= 0.6 is 15.9 Å². The van der Waals surface area contributed by atoms with Crippen molar-refractivity contribution in [2.45, 2.75) is 12.6 Å². The van der Waals surface area contributed by atoms with Crippen LogP contribution in [0.2, 0.25) is 0 Å². The molecule has 0 spiro atoms. The van der Waals surface area contributed by atoms with E-state index < -0.39 is 29.9 Å². The van der Waals surface area contributed by atoms with Crippen LogP contribution < -0.4 is 0 Å². The SMILES string of the molecule is O=C(O)C(=O)Cc1ccc(Br)cc1C(F)(F)F. The zero-order valence-electron chi connectivity index (χ0n) is 8.21. The summed E-state index contributed by atoms with van der Waals surface area (Å²) in [6, 6.07) is 3.21. The van der Waals surface area contributed by atoms with Gasteiger partial charge in [0.2, 0.25) is 5.78 Å². The van der Waals surface area contributed by atoms with Gasteiger partial charge in [0, 0.05) is 10.9 Å². The molecule has 0 atom stereocenters. The molecule has 92 valence electrons. The summed E-state index contributed by atoms with van der Waals surface area (Å²) in [6.45, 7) is 0. The number of halogens is 4. The molecule has 0 unspecified atom stereocenters. The number of ketones is 1. The van der Waals surface area contributed by atoms with E-state index in [1.54, 1.807) is 0 Å². The third-order valence-electron chi connectivity index (χ3n) is 1.97. The zero-order chi connectivity index (χ0) is 13.2. The van der Waals surface area contributed by atoms with Gasteiger partial charge >= 0.3 is 12.1 Å². The fourth-order valence-corrected chi connectivity index (χ4v) is 1.58. The number of carbonyl (C=O) groups is 2. The maximum Gasteiger partial charge on any atom is 0.416 e. The summed E-state index contributed by atoms with van der Waals surface area (Å²) in [5.74, 6) is -3.03. The Morgan fingerprint density at radius 2 is 1.88 bits per heavy atom. The topological polar surface area (TPSA) is 54.4 Å². The van der Waals surface area contributed by atoms with Gasteiger partial charge in [-0.3, -0.25) is 4.79 Å². The normalized spacial score (nSPS) is 11.3. The van der Waals surface area contributed by atoms with Gasteiger partial charge in [-0.25, -0.2) is 4.79 Å². The van der Waals surface area contributed by atoms with E-state index in [4.69, 9.17) is 5.11 Å². The molecule has 0 heterocycles. The van der Waals surface area contributed by atoms with Gasteiger partial charge in [0.25, 0.3) is 0 Å². The van der Waals surface area contributed by atoms with Crippen LogP contribution in [0.15, 0.2) is 22.7 Å². The highest BCUT2D eigenvalue weighted by Gasteiger charge is 2.34. The Bertz CT molecular complexity index is 468. The zero-order valence-corrected chi connectivity index (χ0v) is 9.80. The molecule has 1 aromatic carbocycles. The number of hydrogen-bond acceptors (Lipinski definition) is 2. The Hall–Kier alpha value is -1.37. The molecule has 1 aromatic rings. The van der Waals surface area contributed by atoms with Crippen molar-refractivity contribution in [3.8, 4) is 0 Å². The number of alkyl halides is 3. The minimum atomic E-state index is -4.63. The third kappa shape index (κ3) is 3.55. The first-order valence-corrected chi connectivity index (χ1v) is 5.13. The predicted octanol–water partition coefficient (Wildman–Crippen LogP) is 2.66. The smallest absolute Gasteiger partial charge is 0.416 e. The molecule has 1 N–H and O–H groups in total. The van der Waals surface area contributed by atoms with Crippen molar-refractivity contribution in [2.75, 3.05) is 0 Å². The molecule has 0 aliphatic rings. The third-order valence-corrected chi connectivity index (χ3v) is 2.46. The number of rotatable bonds is 3. The van der Waals surface area contributed by atoms with Crippen molar-refractivity contribution in [1.29, 1.82) is 0 Å². The number of carboxylic acids is 1. The average Bonchev–Trinajstić information content (AvgIpc) is 2.18. The standard InChI is InChI=1S/C10H6BrF3O3/c11-6-2-1-5(3-8(15)9(16)17)7(4-6)10(12,13)14/h1-2,4H,3H2,(H,16,17). The van der Waals surface area contributed by atoms with E-state index in [0.717, 1.165) is 12.1 Å². The van der Waals surface area contributed by atoms with Crippen LogP contribution in [0.5, 0.6) is 0 Å². The largest absolute Gasteiger partial charge is 0.475 e. The fourth-order valence-electron chi connectivity index (χ4n) is 1.22. The summed E-state index contributed by atoms with van der Waals surface area (Å²) in [7, 11) is 0. The minimum Gasteiger partial charge on any atom is -0.475 e. The van der Waals surface area contributed by atoms with E-state index in [0.29, 0.717) is 0 Å². The van der Waals surface area contributed by atoms with Gasteiger partial charge < -0.3 is 5.11 Å². The molecule has 0 saturated heterocycles. The summed E-state index contributed by atoms with van der Waals surface area (Å²) in [5, 5.41) is 8.35. The molecule has 0 aliphatic heterocycles. The number of Topliss-reactive ketones (excluding diaryl/α,β-unsaturated/α-hetero) is 1. The minimum absolute atomic E-state index is 0.205. The van der Waals surface area contributed by atoms with Crippen molar-refractivity contribution >= 4 is 27.7 Å². The molecule has 1 rings (SSSR count). The van der Waals surface area contributed by atoms with Gasteiger partial charge in [0.1, 0.15) is 0 Å². The predicted molar refractivity (Wildman–Crippen MR) is 55.5 cm³/mol. The van der Waals surface area contributed by atoms with Crippen LogP contribution in [0.25, 0.3) is 0 Å². The second-order valence-electron chi connectivity index (χ2n) is 3.20. The molecular weight excluding hydrogens is 305 g/mol. The van der Waals surface area contributed by atoms with Crippen LogP contribution in [0, 0.1) is 0 Å². The van der Waals surface area contributed by atoms with Crippen molar-refractivity contribution in [3.05, 3.63) is 33.8 Å². The lowest BCUT2D eigenvalue weighted by Gasteiger charge is -2.12. The van der Waals surface area contributed by atoms with Crippen molar-refractivity contribution in [1.82, 2.24) is 0 Å². The van der Waals surface area contributed by atoms with Crippen molar-refractivity contribution < 1.29 is 27.9 Å². The van der Waals surface area contributed by atoms with Crippen LogP contribution in [0.1, 0.15) is 11.1 Å². The lowest BCUT2D eigenvalue weighted by atomic mass is 10.0. The first-order valence-electron chi connectivity index (χ1n) is 4.33. The quantitative estimate of drug-likeness (QED) is 0.873. The molecule has 17 heavy (non-hydrogen) atoms. The number of hydrogen-bond donors (Lipinski definition) is 1. The van der Waals surface area contributed by atoms with Gasteiger partial charge in [-0.15, -0.1) is 0 Å². The summed E-state index contributed by atoms with van der Waals surface area (Å²) in [6.07, 6.45) is -5.41. The second-order valence-corrected chi connectivity index (χ2v) is 4.12. The summed E-state index contributed by atoms with van der Waals surface area (Å²) >= 11 is 2.88. The average molecular weight is 311 g/mol. The molecule has 0 aliphatic carbocycles. The Balaban J connectivity index is 3.16. The summed E-state index contributed by atoms with van der Waals surface area (Å²) in [4.78, 5) is 21.2. The van der Waals surface area contributed by atoms with Crippen molar-refractivity contribution in [2.24, 2.45) is 0 Å². The lowest BCUT2D eigenvalue weighted by Crippen LogP contribution is -2.18. The van der Waals surface area contributed by atoms with E-state index in [-0.39, 0.29) is 10.0 Å². The molecule has 7 heteroatoms. The molecule has 0 saturated carbocycles. The van der Waals surface area contributed by atoms with Gasteiger partial charge in [0.15, 0.2) is 0 Å². The van der Waals surface area contributed by atoms with E-state index in [1.807, 2.05) is 0 Å². The Kier molecular flexibility index (Phi) is 3.92. The van der Waals surface area contributed by atoms with Crippen LogP contribution in [-0.2, 0) is 22.2 Å². The number of carbonyl (C=O) groups excluding carboxylic acids is 1. The highest BCUT2D eigenvalue weighted by Crippen LogP contribution is 2.34. The van der Waals surface area contributed by atoms with Gasteiger partial charge in [-0.2, -0.15) is 13.2 Å². The van der Waals surface area contributed by atoms with E-state index in [1.165, 1.54) is 6.07 Å². The van der Waals surface area contributed by atoms with Crippen LogP contribution in [0.4, 0.5) is 13.2 Å². The van der Waals surface area contributed by atoms with E-state index in [9.17, 15) is 22.8 Å². The molecule has 0 amide bonds. The maximum absolute atomic E-state index is 12.6. The fraction of sp³-hybridized carbons (Fsp3) is 0.200. The number of benzene rings is 1. The van der Waals surface area contributed by atoms with E-state index in [2.05, 4.69) is 15.9 Å². The highest BCUT2D eigenvalue weighted by molar-refractivity contribution is 9.10. The van der Waals surface area contributed by atoms with Gasteiger partial charge in [0.05, 0.1) is 5.56 Å². The monoisotopic (exact) mass is 310 g/mol. The molecule has 0 fully saturated rings. The molecular formula is C10H6BrF3O3. The summed E-state index contributed by atoms with van der Waals surface area (Å²) in [5.41, 5.74) is -1.37. The van der Waals surface area contributed by atoms with Crippen LogP contribution in [-0.4, -0.2) is 16.9 Å². The van der Waals surface area contributed by atoms with E-state index >= 15 is 0 Å². The molecule has 3 nitrogen and oxygen atoms in total. The molecule has 0 bridgehead atoms.